The minimum Gasteiger partial charge on any atom is -0.493 e. The summed E-state index contributed by atoms with van der Waals surface area (Å²) < 4.78 is 17.9. The van der Waals surface area contributed by atoms with Crippen LogP contribution in [0, 0.1) is 0 Å². The summed E-state index contributed by atoms with van der Waals surface area (Å²) in [6.07, 6.45) is 1.75. The zero-order valence-corrected chi connectivity index (χ0v) is 18.9. The second-order valence-corrected chi connectivity index (χ2v) is 8.08. The highest BCUT2D eigenvalue weighted by Gasteiger charge is 2.32. The van der Waals surface area contributed by atoms with Gasteiger partial charge in [0.1, 0.15) is 0 Å². The molecule has 2 heterocycles. The quantitative estimate of drug-likeness (QED) is 0.558. The predicted molar refractivity (Wildman–Crippen MR) is 122 cm³/mol. The minimum absolute atomic E-state index is 0.249. The zero-order chi connectivity index (χ0) is 22.8. The molecule has 3 aromatic rings. The summed E-state index contributed by atoms with van der Waals surface area (Å²) in [5.74, 6) is 0.593. The number of nitrogens with zero attached hydrogens (tertiary/aromatic N) is 2. The van der Waals surface area contributed by atoms with Gasteiger partial charge in [0.15, 0.2) is 16.3 Å². The number of para-hydroxylation sites is 1. The van der Waals surface area contributed by atoms with Gasteiger partial charge in [-0.2, -0.15) is 0 Å². The molecule has 8 heteroatoms. The van der Waals surface area contributed by atoms with Gasteiger partial charge in [-0.15, -0.1) is 0 Å². The van der Waals surface area contributed by atoms with Gasteiger partial charge in [-0.3, -0.25) is 9.36 Å². The monoisotopic (exact) mass is 450 g/mol. The molecule has 0 unspecified atom stereocenters. The van der Waals surface area contributed by atoms with Crippen molar-refractivity contribution in [1.82, 2.24) is 4.57 Å². The fraction of sp³-hybridized carbons (Fsp3) is 0.208. The van der Waals surface area contributed by atoms with Crippen LogP contribution in [-0.2, 0) is 9.53 Å². The maximum atomic E-state index is 13.6. The van der Waals surface area contributed by atoms with Crippen molar-refractivity contribution < 1.29 is 19.0 Å². The van der Waals surface area contributed by atoms with Crippen LogP contribution in [0.5, 0.6) is 11.5 Å². The number of thiazole rings is 1. The van der Waals surface area contributed by atoms with Gasteiger partial charge in [-0.05, 0) is 24.6 Å². The normalized spacial score (nSPS) is 15.8. The van der Waals surface area contributed by atoms with Crippen LogP contribution in [0.1, 0.15) is 24.1 Å². The number of esters is 1. The Morgan fingerprint density at radius 1 is 1.06 bits per heavy atom. The molecule has 0 bridgehead atoms. The average molecular weight is 451 g/mol. The summed E-state index contributed by atoms with van der Waals surface area (Å²) in [5, 5.41) is 0. The van der Waals surface area contributed by atoms with E-state index in [0.29, 0.717) is 37.7 Å². The molecule has 1 aliphatic heterocycles. The highest BCUT2D eigenvalue weighted by atomic mass is 32.1. The van der Waals surface area contributed by atoms with Crippen LogP contribution < -0.4 is 24.4 Å². The molecule has 2 aromatic carbocycles. The second-order valence-electron chi connectivity index (χ2n) is 7.07. The highest BCUT2D eigenvalue weighted by molar-refractivity contribution is 7.07. The molecule has 1 aliphatic rings. The van der Waals surface area contributed by atoms with Crippen molar-refractivity contribution in [2.75, 3.05) is 21.3 Å². The van der Waals surface area contributed by atoms with Gasteiger partial charge in [0.25, 0.3) is 5.56 Å². The number of benzene rings is 2. The van der Waals surface area contributed by atoms with E-state index >= 15 is 0 Å². The molecule has 0 saturated heterocycles. The molecule has 164 valence electrons. The van der Waals surface area contributed by atoms with Crippen molar-refractivity contribution in [3.05, 3.63) is 90.6 Å². The molecule has 0 fully saturated rings. The molecule has 0 saturated carbocycles. The molecule has 1 aromatic heterocycles. The lowest BCUT2D eigenvalue weighted by Gasteiger charge is -2.24. The van der Waals surface area contributed by atoms with Crippen LogP contribution in [0.25, 0.3) is 6.08 Å². The maximum Gasteiger partial charge on any atom is 0.338 e. The number of aromatic nitrogens is 1. The predicted octanol–water partition coefficient (Wildman–Crippen LogP) is 2.43. The number of ether oxygens (including phenoxy) is 3. The molecule has 0 N–H and O–H groups in total. The third-order valence-corrected chi connectivity index (χ3v) is 6.25. The number of allylic oxidation sites excluding steroid dienone is 1. The Labute approximate surface area is 188 Å². The Morgan fingerprint density at radius 2 is 1.81 bits per heavy atom. The lowest BCUT2D eigenvalue weighted by molar-refractivity contribution is -0.136. The molecule has 7 nitrogen and oxygen atoms in total. The van der Waals surface area contributed by atoms with Gasteiger partial charge < -0.3 is 14.2 Å². The average Bonchev–Trinajstić information content (AvgIpc) is 3.12. The molecule has 0 amide bonds. The Kier molecular flexibility index (Phi) is 5.96. The van der Waals surface area contributed by atoms with Crippen molar-refractivity contribution >= 4 is 23.4 Å². The van der Waals surface area contributed by atoms with Crippen molar-refractivity contribution in [3.63, 3.8) is 0 Å². The first-order valence-electron chi connectivity index (χ1n) is 9.87. The summed E-state index contributed by atoms with van der Waals surface area (Å²) in [6, 6.07) is 14.2. The summed E-state index contributed by atoms with van der Waals surface area (Å²) in [6.45, 7) is 1.75. The van der Waals surface area contributed by atoms with Crippen LogP contribution in [0.3, 0.4) is 0 Å². The van der Waals surface area contributed by atoms with E-state index < -0.39 is 12.0 Å². The third kappa shape index (κ3) is 3.62. The van der Waals surface area contributed by atoms with Gasteiger partial charge in [0, 0.05) is 5.56 Å². The van der Waals surface area contributed by atoms with E-state index in [4.69, 9.17) is 14.2 Å². The van der Waals surface area contributed by atoms with Gasteiger partial charge in [0.2, 0.25) is 0 Å². The Balaban J connectivity index is 1.98. The fourth-order valence-electron chi connectivity index (χ4n) is 3.81. The molecule has 1 atom stereocenters. The summed E-state index contributed by atoms with van der Waals surface area (Å²) >= 11 is 1.26. The molecule has 0 radical (unpaired) electrons. The molecule has 0 aliphatic carbocycles. The smallest absolute Gasteiger partial charge is 0.338 e. The first kappa shape index (κ1) is 21.6. The van der Waals surface area contributed by atoms with Gasteiger partial charge in [0.05, 0.1) is 43.2 Å². The molecular formula is C24H22N2O5S. The zero-order valence-electron chi connectivity index (χ0n) is 18.1. The number of hydrogen-bond donors (Lipinski definition) is 0. The first-order valence-corrected chi connectivity index (χ1v) is 10.7. The number of fused-ring (bicyclic) bond motifs is 1. The molecular weight excluding hydrogens is 428 g/mol. The van der Waals surface area contributed by atoms with Crippen molar-refractivity contribution in [2.45, 2.75) is 13.0 Å². The van der Waals surface area contributed by atoms with Crippen molar-refractivity contribution in [2.24, 2.45) is 4.99 Å². The Hall–Kier alpha value is -3.65. The minimum atomic E-state index is -0.630. The van der Waals surface area contributed by atoms with Gasteiger partial charge in [-0.25, -0.2) is 9.79 Å². The fourth-order valence-corrected chi connectivity index (χ4v) is 4.85. The third-order valence-electron chi connectivity index (χ3n) is 5.26. The first-order chi connectivity index (χ1) is 15.5. The van der Waals surface area contributed by atoms with Crippen molar-refractivity contribution in [1.29, 1.82) is 0 Å². The topological polar surface area (TPSA) is 79.1 Å². The molecule has 4 rings (SSSR count). The van der Waals surface area contributed by atoms with E-state index in [2.05, 4.69) is 4.99 Å². The van der Waals surface area contributed by atoms with Crippen LogP contribution in [0.15, 0.2) is 69.6 Å². The number of hydrogen-bond acceptors (Lipinski definition) is 7. The van der Waals surface area contributed by atoms with Crippen LogP contribution in [0.2, 0.25) is 0 Å². The molecule has 0 spiro atoms. The Bertz CT molecular complexity index is 1390. The van der Waals surface area contributed by atoms with E-state index in [-0.39, 0.29) is 5.56 Å². The standard InChI is InChI=1S/C24H22N2O5S/c1-14-19(23(28)31-4)20(15-9-6-5-7-10-15)26-22(27)18(32-24(26)25-14)13-16-11-8-12-17(29-2)21(16)30-3/h5-13,20H,1-4H3/b18-13-/t20-/m1/s1. The number of methoxy groups -OCH3 is 3. The summed E-state index contributed by atoms with van der Waals surface area (Å²) in [4.78, 5) is 31.3. The van der Waals surface area contributed by atoms with Gasteiger partial charge in [-0.1, -0.05) is 53.8 Å². The van der Waals surface area contributed by atoms with E-state index in [1.807, 2.05) is 42.5 Å². The molecule has 32 heavy (non-hydrogen) atoms. The number of carbonyl (C=O) groups excluding carboxylic acids is 1. The number of carbonyl (C=O) groups is 1. The van der Waals surface area contributed by atoms with Gasteiger partial charge >= 0.3 is 5.97 Å². The van der Waals surface area contributed by atoms with E-state index in [1.54, 1.807) is 37.9 Å². The Morgan fingerprint density at radius 3 is 2.47 bits per heavy atom. The summed E-state index contributed by atoms with van der Waals surface area (Å²) in [7, 11) is 4.44. The van der Waals surface area contributed by atoms with E-state index in [0.717, 1.165) is 5.56 Å². The largest absolute Gasteiger partial charge is 0.493 e. The van der Waals surface area contributed by atoms with Crippen LogP contribution in [0.4, 0.5) is 0 Å². The van der Waals surface area contributed by atoms with Crippen LogP contribution in [-0.4, -0.2) is 31.9 Å². The SMILES string of the molecule is COC(=O)C1=C(C)N=c2s/c(=C\c3cccc(OC)c3OC)c(=O)n2[C@@H]1c1ccccc1. The second kappa shape index (κ2) is 8.84. The lowest BCUT2D eigenvalue weighted by Crippen LogP contribution is -2.39. The lowest BCUT2D eigenvalue weighted by atomic mass is 9.96. The van der Waals surface area contributed by atoms with Crippen molar-refractivity contribution in [3.8, 4) is 11.5 Å². The van der Waals surface area contributed by atoms with E-state index in [9.17, 15) is 9.59 Å². The summed E-state index contributed by atoms with van der Waals surface area (Å²) in [5.41, 5.74) is 2.13. The highest BCUT2D eigenvalue weighted by Crippen LogP contribution is 2.32. The van der Waals surface area contributed by atoms with E-state index in [1.165, 1.54) is 18.4 Å². The maximum absolute atomic E-state index is 13.6. The van der Waals surface area contributed by atoms with Crippen LogP contribution >= 0.6 is 11.3 Å². The number of rotatable bonds is 5.